The number of aromatic nitrogens is 2. The van der Waals surface area contributed by atoms with Crippen molar-refractivity contribution in [2.24, 2.45) is 0 Å². The van der Waals surface area contributed by atoms with E-state index in [9.17, 15) is 13.6 Å². The molecular weight excluding hydrogens is 332 g/mol. The van der Waals surface area contributed by atoms with Crippen molar-refractivity contribution in [2.45, 2.75) is 19.9 Å². The second kappa shape index (κ2) is 6.84. The number of carbonyl (C=O) groups excluding carboxylic acids is 1. The third-order valence-electron chi connectivity index (χ3n) is 3.53. The summed E-state index contributed by atoms with van der Waals surface area (Å²) in [4.78, 5) is 16.3. The van der Waals surface area contributed by atoms with Crippen LogP contribution in [-0.2, 0) is 0 Å². The van der Waals surface area contributed by atoms with Crippen LogP contribution >= 0.6 is 0 Å². The fourth-order valence-electron chi connectivity index (χ4n) is 2.23. The molecular formula is C17H15F2N3O3. The Balaban J connectivity index is 1.62. The van der Waals surface area contributed by atoms with E-state index in [1.165, 1.54) is 12.3 Å². The van der Waals surface area contributed by atoms with Gasteiger partial charge in [-0.25, -0.2) is 13.8 Å². The average molecular weight is 347 g/mol. The molecule has 0 fully saturated rings. The van der Waals surface area contributed by atoms with E-state index in [0.717, 1.165) is 12.1 Å². The van der Waals surface area contributed by atoms with Crippen molar-refractivity contribution in [1.82, 2.24) is 15.5 Å². The van der Waals surface area contributed by atoms with Gasteiger partial charge in [-0.3, -0.25) is 4.79 Å². The second-order valence-electron chi connectivity index (χ2n) is 5.60. The Morgan fingerprint density at radius 1 is 1.36 bits per heavy atom. The van der Waals surface area contributed by atoms with Gasteiger partial charge in [0.05, 0.1) is 22.7 Å². The fraction of sp³-hybridized carbons (Fsp3) is 0.235. The van der Waals surface area contributed by atoms with Crippen LogP contribution in [0.5, 0.6) is 5.75 Å². The van der Waals surface area contributed by atoms with Gasteiger partial charge in [0.25, 0.3) is 11.6 Å². The molecule has 0 aliphatic rings. The van der Waals surface area contributed by atoms with Gasteiger partial charge in [-0.2, -0.15) is 0 Å². The predicted molar refractivity (Wildman–Crippen MR) is 85.3 cm³/mol. The summed E-state index contributed by atoms with van der Waals surface area (Å²) in [5, 5.41) is 7.16. The Morgan fingerprint density at radius 3 is 2.92 bits per heavy atom. The van der Waals surface area contributed by atoms with Crippen LogP contribution in [0, 0.1) is 18.6 Å². The van der Waals surface area contributed by atoms with E-state index >= 15 is 0 Å². The monoisotopic (exact) mass is 347 g/mol. The number of carbonyl (C=O) groups is 1. The van der Waals surface area contributed by atoms with E-state index in [4.69, 9.17) is 9.26 Å². The molecule has 2 aromatic heterocycles. The number of amides is 1. The zero-order chi connectivity index (χ0) is 18.0. The van der Waals surface area contributed by atoms with Gasteiger partial charge in [0.15, 0.2) is 11.6 Å². The number of ether oxygens (including phenoxy) is 1. The topological polar surface area (TPSA) is 77.2 Å². The van der Waals surface area contributed by atoms with Crippen molar-refractivity contribution in [3.05, 3.63) is 53.4 Å². The van der Waals surface area contributed by atoms with Crippen LogP contribution in [0.2, 0.25) is 0 Å². The standard InChI is InChI=1S/C17H15F2N3O3/c1-9(8-24-15-4-3-12(18)6-14(15)19)21-16(23)11-5-13-10(2)22-25-17(13)20-7-11/h3-7,9H,8H2,1-2H3,(H,21,23). The summed E-state index contributed by atoms with van der Waals surface area (Å²) in [6, 6.07) is 4.27. The van der Waals surface area contributed by atoms with Crippen LogP contribution < -0.4 is 10.1 Å². The molecule has 3 aromatic rings. The number of halogens is 2. The zero-order valence-corrected chi connectivity index (χ0v) is 13.5. The normalized spacial score (nSPS) is 12.2. The SMILES string of the molecule is Cc1noc2ncc(C(=O)NC(C)COc3ccc(F)cc3F)cc12. The van der Waals surface area contributed by atoms with Crippen molar-refractivity contribution >= 4 is 17.0 Å². The van der Waals surface area contributed by atoms with Gasteiger partial charge in [-0.15, -0.1) is 0 Å². The van der Waals surface area contributed by atoms with Gasteiger partial charge < -0.3 is 14.6 Å². The van der Waals surface area contributed by atoms with Crippen molar-refractivity contribution in [3.63, 3.8) is 0 Å². The molecule has 2 heterocycles. The molecule has 1 aromatic carbocycles. The van der Waals surface area contributed by atoms with Gasteiger partial charge >= 0.3 is 0 Å². The molecule has 0 spiro atoms. The molecule has 1 N–H and O–H groups in total. The minimum Gasteiger partial charge on any atom is -0.488 e. The summed E-state index contributed by atoms with van der Waals surface area (Å²) in [6.45, 7) is 3.48. The van der Waals surface area contributed by atoms with Crippen LogP contribution in [-0.4, -0.2) is 28.7 Å². The zero-order valence-electron chi connectivity index (χ0n) is 13.5. The molecule has 0 aliphatic carbocycles. The van der Waals surface area contributed by atoms with E-state index in [1.807, 2.05) is 0 Å². The van der Waals surface area contributed by atoms with E-state index in [0.29, 0.717) is 22.4 Å². The fourth-order valence-corrected chi connectivity index (χ4v) is 2.23. The Morgan fingerprint density at radius 2 is 2.16 bits per heavy atom. The van der Waals surface area contributed by atoms with Crippen LogP contribution in [0.15, 0.2) is 35.0 Å². The molecule has 1 atom stereocenters. The van der Waals surface area contributed by atoms with Crippen LogP contribution in [0.3, 0.4) is 0 Å². The molecule has 1 unspecified atom stereocenters. The summed E-state index contributed by atoms with van der Waals surface area (Å²) >= 11 is 0. The van der Waals surface area contributed by atoms with E-state index < -0.39 is 17.7 Å². The minimum atomic E-state index is -0.795. The van der Waals surface area contributed by atoms with Gasteiger partial charge in [-0.05, 0) is 32.0 Å². The Hall–Kier alpha value is -3.03. The average Bonchev–Trinajstić information content (AvgIpc) is 2.94. The number of hydrogen-bond acceptors (Lipinski definition) is 5. The van der Waals surface area contributed by atoms with Gasteiger partial charge in [0.2, 0.25) is 0 Å². The third kappa shape index (κ3) is 3.73. The molecule has 0 saturated carbocycles. The van der Waals surface area contributed by atoms with Crippen molar-refractivity contribution < 1.29 is 22.8 Å². The number of nitrogens with one attached hydrogen (secondary N) is 1. The predicted octanol–water partition coefficient (Wildman–Crippen LogP) is 3.01. The number of aryl methyl sites for hydroxylation is 1. The molecule has 0 radical (unpaired) electrons. The number of pyridine rings is 1. The molecule has 0 bridgehead atoms. The van der Waals surface area contributed by atoms with Gasteiger partial charge in [0, 0.05) is 12.3 Å². The maximum absolute atomic E-state index is 13.5. The maximum atomic E-state index is 13.5. The van der Waals surface area contributed by atoms with E-state index in [-0.39, 0.29) is 18.3 Å². The largest absolute Gasteiger partial charge is 0.488 e. The summed E-state index contributed by atoms with van der Waals surface area (Å²) in [6.07, 6.45) is 1.38. The molecule has 0 saturated heterocycles. The molecule has 25 heavy (non-hydrogen) atoms. The highest BCUT2D eigenvalue weighted by atomic mass is 19.1. The minimum absolute atomic E-state index is 0.0241. The van der Waals surface area contributed by atoms with Crippen LogP contribution in [0.25, 0.3) is 11.1 Å². The quantitative estimate of drug-likeness (QED) is 0.768. The van der Waals surface area contributed by atoms with Crippen LogP contribution in [0.4, 0.5) is 8.78 Å². The third-order valence-corrected chi connectivity index (χ3v) is 3.53. The van der Waals surface area contributed by atoms with Crippen molar-refractivity contribution in [2.75, 3.05) is 6.61 Å². The molecule has 6 nitrogen and oxygen atoms in total. The highest BCUT2D eigenvalue weighted by Crippen LogP contribution is 2.18. The Kier molecular flexibility index (Phi) is 4.60. The molecule has 1 amide bonds. The van der Waals surface area contributed by atoms with Gasteiger partial charge in [-0.1, -0.05) is 5.16 Å². The lowest BCUT2D eigenvalue weighted by Gasteiger charge is -2.15. The Labute approximate surface area is 141 Å². The first-order valence-electron chi connectivity index (χ1n) is 7.55. The smallest absolute Gasteiger partial charge is 0.257 e. The number of benzene rings is 1. The molecule has 8 heteroatoms. The van der Waals surface area contributed by atoms with E-state index in [1.54, 1.807) is 19.9 Å². The maximum Gasteiger partial charge on any atom is 0.257 e. The number of hydrogen-bond donors (Lipinski definition) is 1. The first-order valence-corrected chi connectivity index (χ1v) is 7.55. The summed E-state index contributed by atoms with van der Waals surface area (Å²) in [7, 11) is 0. The highest BCUT2D eigenvalue weighted by Gasteiger charge is 2.15. The second-order valence-corrected chi connectivity index (χ2v) is 5.60. The summed E-state index contributed by atoms with van der Waals surface area (Å²) < 4.78 is 36.6. The molecule has 0 aliphatic heterocycles. The summed E-state index contributed by atoms with van der Waals surface area (Å²) in [5.41, 5.74) is 1.34. The van der Waals surface area contributed by atoms with Crippen LogP contribution in [0.1, 0.15) is 23.0 Å². The van der Waals surface area contributed by atoms with E-state index in [2.05, 4.69) is 15.5 Å². The first kappa shape index (κ1) is 16.8. The van der Waals surface area contributed by atoms with Gasteiger partial charge in [0.1, 0.15) is 12.4 Å². The Bertz CT molecular complexity index is 927. The lowest BCUT2D eigenvalue weighted by Crippen LogP contribution is -2.36. The highest BCUT2D eigenvalue weighted by molar-refractivity contribution is 5.97. The molecule has 130 valence electrons. The number of fused-ring (bicyclic) bond motifs is 1. The lowest BCUT2D eigenvalue weighted by atomic mass is 10.2. The molecule has 3 rings (SSSR count). The lowest BCUT2D eigenvalue weighted by molar-refractivity contribution is 0.0926. The first-order chi connectivity index (χ1) is 11.9. The number of rotatable bonds is 5. The van der Waals surface area contributed by atoms with Crippen molar-refractivity contribution in [1.29, 1.82) is 0 Å². The van der Waals surface area contributed by atoms with Crippen molar-refractivity contribution in [3.8, 4) is 5.75 Å². The number of nitrogens with zero attached hydrogens (tertiary/aromatic N) is 2. The summed E-state index contributed by atoms with van der Waals surface area (Å²) in [5.74, 6) is -1.91.